The third-order valence-corrected chi connectivity index (χ3v) is 6.86. The van der Waals surface area contributed by atoms with Crippen LogP contribution in [0.2, 0.25) is 5.15 Å². The molecule has 186 valence electrons. The van der Waals surface area contributed by atoms with Crippen LogP contribution < -0.4 is 16.0 Å². The average molecular weight is 501 g/mol. The number of nitrogens with two attached hydrogens (primary N) is 1. The van der Waals surface area contributed by atoms with Gasteiger partial charge in [0.25, 0.3) is 17.5 Å². The summed E-state index contributed by atoms with van der Waals surface area (Å²) in [5.41, 5.74) is 6.96. The van der Waals surface area contributed by atoms with E-state index in [1.165, 1.54) is 12.3 Å². The first-order valence-electron chi connectivity index (χ1n) is 11.8. The summed E-state index contributed by atoms with van der Waals surface area (Å²) < 4.78 is 0. The number of pyridine rings is 1. The molecule has 4 rings (SSSR count). The van der Waals surface area contributed by atoms with E-state index in [0.717, 1.165) is 25.7 Å². The van der Waals surface area contributed by atoms with Gasteiger partial charge in [-0.05, 0) is 56.4 Å². The van der Waals surface area contributed by atoms with Gasteiger partial charge in [-0.2, -0.15) is 0 Å². The molecule has 0 unspecified atom stereocenters. The minimum atomic E-state index is -0.459. The molecular formula is C24H29ClN6O4. The summed E-state index contributed by atoms with van der Waals surface area (Å²) >= 11 is 5.81. The molecular weight excluding hydrogens is 472 g/mol. The van der Waals surface area contributed by atoms with E-state index in [2.05, 4.69) is 10.3 Å². The molecule has 0 atom stereocenters. The molecule has 1 saturated heterocycles. The van der Waals surface area contributed by atoms with Crippen LogP contribution in [0, 0.1) is 10.1 Å². The van der Waals surface area contributed by atoms with Crippen LogP contribution in [0.15, 0.2) is 36.5 Å². The molecule has 0 bridgehead atoms. The Hall–Kier alpha value is -3.24. The van der Waals surface area contributed by atoms with E-state index < -0.39 is 4.92 Å². The first-order valence-corrected chi connectivity index (χ1v) is 12.2. The topological polar surface area (TPSA) is 135 Å². The summed E-state index contributed by atoms with van der Waals surface area (Å²) in [7, 11) is 0. The van der Waals surface area contributed by atoms with Crippen LogP contribution in [0.3, 0.4) is 0 Å². The number of benzene rings is 1. The molecule has 0 spiro atoms. The summed E-state index contributed by atoms with van der Waals surface area (Å²) in [6.45, 7) is 1.92. The number of carbonyl (C=O) groups excluding carboxylic acids is 2. The molecule has 2 aromatic rings. The van der Waals surface area contributed by atoms with Crippen molar-refractivity contribution < 1.29 is 14.5 Å². The summed E-state index contributed by atoms with van der Waals surface area (Å²) in [4.78, 5) is 44.6. The Balaban J connectivity index is 1.45. The van der Waals surface area contributed by atoms with Crippen molar-refractivity contribution in [2.75, 3.05) is 31.1 Å². The maximum absolute atomic E-state index is 12.8. The lowest BCUT2D eigenvalue weighted by Crippen LogP contribution is -2.40. The van der Waals surface area contributed by atoms with E-state index in [1.54, 1.807) is 29.2 Å². The fourth-order valence-corrected chi connectivity index (χ4v) is 4.77. The van der Waals surface area contributed by atoms with Gasteiger partial charge in [0.1, 0.15) is 10.8 Å². The molecule has 1 saturated carbocycles. The summed E-state index contributed by atoms with van der Waals surface area (Å²) in [5, 5.41) is 15.2. The van der Waals surface area contributed by atoms with Crippen molar-refractivity contribution >= 4 is 34.8 Å². The fraction of sp³-hybridized carbons (Fsp3) is 0.458. The minimum Gasteiger partial charge on any atom is -0.364 e. The second kappa shape index (κ2) is 11.0. The zero-order valence-corrected chi connectivity index (χ0v) is 20.1. The number of anilines is 1. The number of carbonyl (C=O) groups is 2. The van der Waals surface area contributed by atoms with Gasteiger partial charge < -0.3 is 20.9 Å². The van der Waals surface area contributed by atoms with Crippen molar-refractivity contribution in [1.82, 2.24) is 15.2 Å². The fourth-order valence-electron chi connectivity index (χ4n) is 4.66. The van der Waals surface area contributed by atoms with E-state index in [1.807, 2.05) is 4.90 Å². The molecule has 1 aliphatic carbocycles. The molecule has 1 aromatic carbocycles. The van der Waals surface area contributed by atoms with Crippen LogP contribution in [-0.4, -0.2) is 64.9 Å². The van der Waals surface area contributed by atoms with Crippen LogP contribution in [0.1, 0.15) is 52.8 Å². The monoisotopic (exact) mass is 500 g/mol. The minimum absolute atomic E-state index is 0.0333. The number of nitrogens with zero attached hydrogens (tertiary/aromatic N) is 4. The van der Waals surface area contributed by atoms with Gasteiger partial charge in [-0.15, -0.1) is 0 Å². The molecule has 2 amide bonds. The number of nitro groups is 1. The van der Waals surface area contributed by atoms with Crippen LogP contribution >= 0.6 is 11.6 Å². The highest BCUT2D eigenvalue weighted by atomic mass is 35.5. The average Bonchev–Trinajstić information content (AvgIpc) is 3.11. The van der Waals surface area contributed by atoms with Gasteiger partial charge in [-0.1, -0.05) is 11.6 Å². The second-order valence-corrected chi connectivity index (χ2v) is 9.44. The number of nitro benzene ring substituents is 1. The van der Waals surface area contributed by atoms with E-state index in [0.29, 0.717) is 49.0 Å². The predicted molar refractivity (Wildman–Crippen MR) is 133 cm³/mol. The highest BCUT2D eigenvalue weighted by molar-refractivity contribution is 6.29. The second-order valence-electron chi connectivity index (χ2n) is 9.05. The Morgan fingerprint density at radius 2 is 1.80 bits per heavy atom. The molecule has 2 aliphatic rings. The number of hydrogen-bond acceptors (Lipinski definition) is 7. The Morgan fingerprint density at radius 1 is 1.06 bits per heavy atom. The first-order chi connectivity index (χ1) is 16.8. The van der Waals surface area contributed by atoms with Crippen LogP contribution in [0.5, 0.6) is 0 Å². The predicted octanol–water partition coefficient (Wildman–Crippen LogP) is 3.00. The van der Waals surface area contributed by atoms with Crippen molar-refractivity contribution in [1.29, 1.82) is 0 Å². The number of aromatic nitrogens is 1. The van der Waals surface area contributed by atoms with Gasteiger partial charge in [0, 0.05) is 56.1 Å². The van der Waals surface area contributed by atoms with E-state index >= 15 is 0 Å². The molecule has 3 N–H and O–H groups in total. The zero-order valence-electron chi connectivity index (χ0n) is 19.4. The van der Waals surface area contributed by atoms with Gasteiger partial charge in [-0.3, -0.25) is 19.7 Å². The van der Waals surface area contributed by atoms with Gasteiger partial charge in [0.15, 0.2) is 0 Å². The van der Waals surface area contributed by atoms with Gasteiger partial charge in [0.05, 0.1) is 10.5 Å². The van der Waals surface area contributed by atoms with Gasteiger partial charge in [-0.25, -0.2) is 4.98 Å². The third-order valence-electron chi connectivity index (χ3n) is 6.64. The molecule has 2 heterocycles. The Labute approximate surface area is 208 Å². The number of nitrogens with one attached hydrogen (secondary N) is 1. The van der Waals surface area contributed by atoms with Crippen LogP contribution in [0.25, 0.3) is 0 Å². The molecule has 1 aliphatic heterocycles. The van der Waals surface area contributed by atoms with Crippen molar-refractivity contribution in [3.05, 3.63) is 62.9 Å². The van der Waals surface area contributed by atoms with E-state index in [-0.39, 0.29) is 35.1 Å². The lowest BCUT2D eigenvalue weighted by Gasteiger charge is -2.27. The van der Waals surface area contributed by atoms with Crippen LogP contribution in [0.4, 0.5) is 11.4 Å². The summed E-state index contributed by atoms with van der Waals surface area (Å²) in [5.74, 6) is -0.467. The Kier molecular flexibility index (Phi) is 7.82. The van der Waals surface area contributed by atoms with Crippen LogP contribution in [-0.2, 0) is 0 Å². The summed E-state index contributed by atoms with van der Waals surface area (Å²) in [6, 6.07) is 8.01. The normalized spacial score (nSPS) is 20.7. The lowest BCUT2D eigenvalue weighted by molar-refractivity contribution is -0.384. The maximum atomic E-state index is 12.8. The maximum Gasteiger partial charge on any atom is 0.293 e. The molecule has 35 heavy (non-hydrogen) atoms. The first kappa shape index (κ1) is 24.9. The number of rotatable bonds is 5. The number of hydrogen-bond donors (Lipinski definition) is 2. The third kappa shape index (κ3) is 6.07. The summed E-state index contributed by atoms with van der Waals surface area (Å²) in [6.07, 6.45) is 5.42. The quantitative estimate of drug-likeness (QED) is 0.366. The zero-order chi connectivity index (χ0) is 24.9. The largest absolute Gasteiger partial charge is 0.364 e. The van der Waals surface area contributed by atoms with Crippen molar-refractivity contribution in [2.45, 2.75) is 44.2 Å². The molecule has 2 fully saturated rings. The Morgan fingerprint density at radius 3 is 2.49 bits per heavy atom. The van der Waals surface area contributed by atoms with E-state index in [9.17, 15) is 19.7 Å². The highest BCUT2D eigenvalue weighted by Crippen LogP contribution is 2.30. The molecule has 0 radical (unpaired) electrons. The Bertz CT molecular complexity index is 1090. The SMILES string of the molecule is NC1CCC(NC(=O)c2ccc(N3CCCN(C(=O)c4ccc(Cl)nc4)CC3)c([N+](=O)[O-])c2)CC1. The molecule has 10 nitrogen and oxygen atoms in total. The smallest absolute Gasteiger partial charge is 0.293 e. The van der Waals surface area contributed by atoms with Crippen molar-refractivity contribution in [3.8, 4) is 0 Å². The van der Waals surface area contributed by atoms with Crippen molar-refractivity contribution in [2.24, 2.45) is 5.73 Å². The van der Waals surface area contributed by atoms with Gasteiger partial charge >= 0.3 is 0 Å². The number of halogens is 1. The highest BCUT2D eigenvalue weighted by Gasteiger charge is 2.27. The lowest BCUT2D eigenvalue weighted by atomic mass is 9.91. The standard InChI is InChI=1S/C24H29ClN6O4/c25-22-9-3-17(15-27-22)24(33)30-11-1-10-29(12-13-30)20-8-2-16(14-21(20)31(34)35)23(32)28-19-6-4-18(26)5-7-19/h2-3,8-9,14-15,18-19H,1,4-7,10-13,26H2,(H,28,32). The van der Waals surface area contributed by atoms with Gasteiger partial charge in [0.2, 0.25) is 0 Å². The van der Waals surface area contributed by atoms with Crippen molar-refractivity contribution in [3.63, 3.8) is 0 Å². The molecule has 11 heteroatoms. The number of amides is 2. The van der Waals surface area contributed by atoms with E-state index in [4.69, 9.17) is 17.3 Å². The molecule has 1 aromatic heterocycles.